The number of nitrogens with zero attached hydrogens (tertiary/aromatic N) is 2. The summed E-state index contributed by atoms with van der Waals surface area (Å²) in [5.41, 5.74) is 0. The van der Waals surface area contributed by atoms with E-state index in [0.717, 1.165) is 11.0 Å². The van der Waals surface area contributed by atoms with Gasteiger partial charge in [-0.2, -0.15) is 16.7 Å². The van der Waals surface area contributed by atoms with E-state index in [9.17, 15) is 0 Å². The molecule has 0 spiro atoms. The smallest absolute Gasteiger partial charge is 0.232 e. The lowest BCUT2D eigenvalue weighted by atomic mass is 10.2. The van der Waals surface area contributed by atoms with Crippen LogP contribution in [0, 0.1) is 0 Å². The summed E-state index contributed by atoms with van der Waals surface area (Å²) in [6.45, 7) is 0.926. The number of hydrogen-bond donors (Lipinski definition) is 1. The summed E-state index contributed by atoms with van der Waals surface area (Å²) in [5, 5.41) is 3.94. The monoisotopic (exact) mass is 303 g/mol. The van der Waals surface area contributed by atoms with Crippen LogP contribution >= 0.6 is 27.7 Å². The number of aromatic nitrogens is 2. The Morgan fingerprint density at radius 2 is 2.56 bits per heavy atom. The van der Waals surface area contributed by atoms with Crippen molar-refractivity contribution < 1.29 is 4.74 Å². The normalized spacial score (nSPS) is 19.8. The molecule has 1 aliphatic heterocycles. The van der Waals surface area contributed by atoms with Crippen molar-refractivity contribution in [3.05, 3.63) is 10.7 Å². The summed E-state index contributed by atoms with van der Waals surface area (Å²) in [6, 6.07) is 0. The van der Waals surface area contributed by atoms with E-state index in [1.165, 1.54) is 18.6 Å². The number of halogens is 1. The van der Waals surface area contributed by atoms with Gasteiger partial charge in [-0.15, -0.1) is 0 Å². The molecule has 0 bridgehead atoms. The molecule has 1 N–H and O–H groups in total. The molecule has 6 heteroatoms. The molecular weight excluding hydrogens is 290 g/mol. The second-order valence-corrected chi connectivity index (χ2v) is 5.83. The van der Waals surface area contributed by atoms with Gasteiger partial charge in [-0.05, 0) is 34.5 Å². The molecule has 2 rings (SSSR count). The van der Waals surface area contributed by atoms with E-state index in [1.54, 1.807) is 13.3 Å². The summed E-state index contributed by atoms with van der Waals surface area (Å²) in [7, 11) is 1.60. The highest BCUT2D eigenvalue weighted by Crippen LogP contribution is 2.26. The Morgan fingerprint density at radius 1 is 1.69 bits per heavy atom. The number of thioether (sulfide) groups is 1. The molecule has 1 fully saturated rings. The van der Waals surface area contributed by atoms with Gasteiger partial charge in [-0.1, -0.05) is 0 Å². The summed E-state index contributed by atoms with van der Waals surface area (Å²) < 4.78 is 5.89. The van der Waals surface area contributed by atoms with Gasteiger partial charge in [0.15, 0.2) is 0 Å². The highest BCUT2D eigenvalue weighted by molar-refractivity contribution is 9.10. The van der Waals surface area contributed by atoms with E-state index < -0.39 is 0 Å². The zero-order valence-electron chi connectivity index (χ0n) is 9.07. The van der Waals surface area contributed by atoms with E-state index in [0.29, 0.717) is 17.1 Å². The maximum absolute atomic E-state index is 5.11. The van der Waals surface area contributed by atoms with Gasteiger partial charge in [0, 0.05) is 11.8 Å². The third-order valence-electron chi connectivity index (χ3n) is 2.42. The molecule has 1 unspecified atom stereocenters. The molecule has 0 amide bonds. The molecule has 0 radical (unpaired) electrons. The van der Waals surface area contributed by atoms with Crippen LogP contribution in [0.3, 0.4) is 0 Å². The lowest BCUT2D eigenvalue weighted by Crippen LogP contribution is -2.15. The van der Waals surface area contributed by atoms with Crippen molar-refractivity contribution in [3.8, 4) is 5.88 Å². The van der Waals surface area contributed by atoms with Crippen LogP contribution in [0.4, 0.5) is 5.95 Å². The molecule has 1 atom stereocenters. The lowest BCUT2D eigenvalue weighted by Gasteiger charge is -2.10. The summed E-state index contributed by atoms with van der Waals surface area (Å²) in [4.78, 5) is 8.44. The topological polar surface area (TPSA) is 47.0 Å². The number of ether oxygens (including phenoxy) is 1. The molecule has 4 nitrogen and oxygen atoms in total. The fourth-order valence-electron chi connectivity index (χ4n) is 1.59. The van der Waals surface area contributed by atoms with Gasteiger partial charge in [0.2, 0.25) is 11.8 Å². The van der Waals surface area contributed by atoms with Gasteiger partial charge in [-0.25, -0.2) is 4.98 Å². The first kappa shape index (κ1) is 12.0. The maximum atomic E-state index is 5.11. The predicted octanol–water partition coefficient (Wildman–Crippen LogP) is 2.56. The molecule has 2 heterocycles. The van der Waals surface area contributed by atoms with Crippen molar-refractivity contribution in [2.75, 3.05) is 24.7 Å². The third kappa shape index (κ3) is 3.01. The molecule has 0 aromatic carbocycles. The summed E-state index contributed by atoms with van der Waals surface area (Å²) in [6.07, 6.45) is 4.31. The average Bonchev–Trinajstić information content (AvgIpc) is 2.81. The number of hydrogen-bond acceptors (Lipinski definition) is 5. The van der Waals surface area contributed by atoms with Crippen molar-refractivity contribution >= 4 is 33.6 Å². The minimum absolute atomic E-state index is 0.566. The maximum Gasteiger partial charge on any atom is 0.232 e. The second kappa shape index (κ2) is 5.72. The molecule has 0 saturated carbocycles. The standard InChI is InChI=1S/C10H14BrN3OS/c1-15-9-8(11)6-13-10(14-9)12-5-7-3-2-4-16-7/h6-7H,2-5H2,1H3,(H,12,13,14). The molecule has 88 valence electrons. The molecule has 1 saturated heterocycles. The number of methoxy groups -OCH3 is 1. The van der Waals surface area contributed by atoms with E-state index in [2.05, 4.69) is 31.2 Å². The largest absolute Gasteiger partial charge is 0.480 e. The Balaban J connectivity index is 1.93. The fourth-order valence-corrected chi connectivity index (χ4v) is 3.14. The van der Waals surface area contributed by atoms with E-state index in [1.807, 2.05) is 11.8 Å². The van der Waals surface area contributed by atoms with Crippen molar-refractivity contribution in [3.63, 3.8) is 0 Å². The van der Waals surface area contributed by atoms with E-state index in [4.69, 9.17) is 4.74 Å². The number of rotatable bonds is 4. The van der Waals surface area contributed by atoms with Crippen LogP contribution in [-0.4, -0.2) is 34.6 Å². The highest BCUT2D eigenvalue weighted by atomic mass is 79.9. The van der Waals surface area contributed by atoms with E-state index >= 15 is 0 Å². The third-order valence-corrected chi connectivity index (χ3v) is 4.36. The van der Waals surface area contributed by atoms with Crippen LogP contribution in [0.2, 0.25) is 0 Å². The SMILES string of the molecule is COc1nc(NCC2CCCS2)ncc1Br. The van der Waals surface area contributed by atoms with Crippen molar-refractivity contribution in [1.82, 2.24) is 9.97 Å². The average molecular weight is 304 g/mol. The van der Waals surface area contributed by atoms with Gasteiger partial charge in [-0.3, -0.25) is 0 Å². The first-order chi connectivity index (χ1) is 7.79. The minimum atomic E-state index is 0.566. The molecular formula is C10H14BrN3OS. The number of anilines is 1. The molecule has 1 aromatic heterocycles. The number of nitrogens with one attached hydrogen (secondary N) is 1. The Hall–Kier alpha value is -0.490. The molecule has 1 aliphatic rings. The Bertz CT molecular complexity index is 358. The van der Waals surface area contributed by atoms with Crippen molar-refractivity contribution in [2.24, 2.45) is 0 Å². The first-order valence-electron chi connectivity index (χ1n) is 5.21. The van der Waals surface area contributed by atoms with Crippen LogP contribution < -0.4 is 10.1 Å². The first-order valence-corrected chi connectivity index (χ1v) is 7.06. The Labute approximate surface area is 108 Å². The zero-order chi connectivity index (χ0) is 11.4. The summed E-state index contributed by atoms with van der Waals surface area (Å²) >= 11 is 5.34. The minimum Gasteiger partial charge on any atom is -0.480 e. The highest BCUT2D eigenvalue weighted by Gasteiger charge is 2.15. The molecule has 1 aromatic rings. The van der Waals surface area contributed by atoms with E-state index in [-0.39, 0.29) is 0 Å². The molecule has 16 heavy (non-hydrogen) atoms. The quantitative estimate of drug-likeness (QED) is 0.926. The predicted molar refractivity (Wildman–Crippen MR) is 70.3 cm³/mol. The Kier molecular flexibility index (Phi) is 4.29. The van der Waals surface area contributed by atoms with Crippen LogP contribution in [-0.2, 0) is 0 Å². The molecule has 0 aliphatic carbocycles. The van der Waals surface area contributed by atoms with Gasteiger partial charge in [0.1, 0.15) is 0 Å². The second-order valence-electron chi connectivity index (χ2n) is 3.57. The van der Waals surface area contributed by atoms with Crippen molar-refractivity contribution in [1.29, 1.82) is 0 Å². The van der Waals surface area contributed by atoms with Gasteiger partial charge < -0.3 is 10.1 Å². The van der Waals surface area contributed by atoms with Crippen LogP contribution in [0.15, 0.2) is 10.7 Å². The lowest BCUT2D eigenvalue weighted by molar-refractivity contribution is 0.394. The Morgan fingerprint density at radius 3 is 3.25 bits per heavy atom. The van der Waals surface area contributed by atoms with Crippen LogP contribution in [0.25, 0.3) is 0 Å². The summed E-state index contributed by atoms with van der Waals surface area (Å²) in [5.74, 6) is 2.47. The van der Waals surface area contributed by atoms with Gasteiger partial charge in [0.25, 0.3) is 0 Å². The van der Waals surface area contributed by atoms with Crippen LogP contribution in [0.1, 0.15) is 12.8 Å². The van der Waals surface area contributed by atoms with Gasteiger partial charge >= 0.3 is 0 Å². The van der Waals surface area contributed by atoms with Gasteiger partial charge in [0.05, 0.1) is 17.8 Å². The van der Waals surface area contributed by atoms with Crippen molar-refractivity contribution in [2.45, 2.75) is 18.1 Å². The van der Waals surface area contributed by atoms with Crippen LogP contribution in [0.5, 0.6) is 5.88 Å². The zero-order valence-corrected chi connectivity index (χ0v) is 11.5. The fraction of sp³-hybridized carbons (Fsp3) is 0.600.